The van der Waals surface area contributed by atoms with Crippen LogP contribution in [0, 0.1) is 13.8 Å². The number of benzene rings is 1. The van der Waals surface area contributed by atoms with Crippen LogP contribution in [0.3, 0.4) is 0 Å². The minimum Gasteiger partial charge on any atom is -0.504 e. The Bertz CT molecular complexity index is 425. The summed E-state index contributed by atoms with van der Waals surface area (Å²) in [6.07, 6.45) is 0. The van der Waals surface area contributed by atoms with Gasteiger partial charge in [-0.15, -0.1) is 0 Å². The molecule has 0 fully saturated rings. The number of phenols is 1. The van der Waals surface area contributed by atoms with Gasteiger partial charge in [-0.2, -0.15) is 0 Å². The average molecular weight is 223 g/mol. The highest BCUT2D eigenvalue weighted by Gasteiger charge is 2.22. The topological polar surface area (TPSA) is 72.5 Å². The zero-order valence-corrected chi connectivity index (χ0v) is 10.00. The van der Waals surface area contributed by atoms with Crippen LogP contribution in [0.4, 0.5) is 0 Å². The Hall–Kier alpha value is -1.55. The molecular weight excluding hydrogens is 206 g/mol. The van der Waals surface area contributed by atoms with Crippen molar-refractivity contribution in [3.63, 3.8) is 0 Å². The fraction of sp³-hybridized carbons (Fsp3) is 0.417. The SMILES string of the molecule is COc1c(C)cc(C)c(C(=O)C(C)N)c1O. The van der Waals surface area contributed by atoms with Crippen LogP contribution in [-0.4, -0.2) is 24.0 Å². The standard InChI is InChI=1S/C12H17NO3/c1-6-5-7(2)12(16-4)11(15)9(6)10(14)8(3)13/h5,8,15H,13H2,1-4H3. The Morgan fingerprint density at radius 1 is 1.44 bits per heavy atom. The number of carbonyl (C=O) groups is 1. The van der Waals surface area contributed by atoms with Crippen molar-refractivity contribution < 1.29 is 14.6 Å². The number of methoxy groups -OCH3 is 1. The van der Waals surface area contributed by atoms with E-state index in [9.17, 15) is 9.90 Å². The van der Waals surface area contributed by atoms with Crippen molar-refractivity contribution in [1.82, 2.24) is 0 Å². The first-order valence-electron chi connectivity index (χ1n) is 5.07. The van der Waals surface area contributed by atoms with Crippen molar-refractivity contribution in [2.75, 3.05) is 7.11 Å². The number of hydrogen-bond donors (Lipinski definition) is 2. The molecule has 0 bridgehead atoms. The molecule has 0 aliphatic rings. The number of hydrogen-bond acceptors (Lipinski definition) is 4. The van der Waals surface area contributed by atoms with E-state index in [0.717, 1.165) is 5.56 Å². The predicted molar refractivity (Wildman–Crippen MR) is 62.1 cm³/mol. The molecule has 0 aromatic heterocycles. The molecule has 1 atom stereocenters. The Morgan fingerprint density at radius 2 is 2.00 bits per heavy atom. The maximum Gasteiger partial charge on any atom is 0.183 e. The Labute approximate surface area is 95.0 Å². The molecule has 1 unspecified atom stereocenters. The van der Waals surface area contributed by atoms with Gasteiger partial charge in [0.25, 0.3) is 0 Å². The van der Waals surface area contributed by atoms with E-state index in [2.05, 4.69) is 0 Å². The van der Waals surface area contributed by atoms with Crippen LogP contribution < -0.4 is 10.5 Å². The molecule has 0 spiro atoms. The van der Waals surface area contributed by atoms with E-state index in [1.807, 2.05) is 6.92 Å². The fourth-order valence-electron chi connectivity index (χ4n) is 1.75. The van der Waals surface area contributed by atoms with Gasteiger partial charge >= 0.3 is 0 Å². The smallest absolute Gasteiger partial charge is 0.183 e. The third kappa shape index (κ3) is 2.02. The highest BCUT2D eigenvalue weighted by atomic mass is 16.5. The van der Waals surface area contributed by atoms with E-state index in [0.29, 0.717) is 11.3 Å². The number of aromatic hydroxyl groups is 1. The molecule has 0 heterocycles. The molecule has 0 aliphatic heterocycles. The van der Waals surface area contributed by atoms with Crippen LogP contribution in [0.1, 0.15) is 28.4 Å². The zero-order chi connectivity index (χ0) is 12.5. The Morgan fingerprint density at radius 3 is 2.44 bits per heavy atom. The van der Waals surface area contributed by atoms with Gasteiger partial charge in [-0.05, 0) is 31.9 Å². The highest BCUT2D eigenvalue weighted by Crippen LogP contribution is 2.36. The van der Waals surface area contributed by atoms with Crippen molar-refractivity contribution in [2.45, 2.75) is 26.8 Å². The first kappa shape index (κ1) is 12.5. The molecular formula is C12H17NO3. The predicted octanol–water partition coefficient (Wildman–Crippen LogP) is 1.55. The molecule has 4 nitrogen and oxygen atoms in total. The summed E-state index contributed by atoms with van der Waals surface area (Å²) in [7, 11) is 1.46. The summed E-state index contributed by atoms with van der Waals surface area (Å²) in [4.78, 5) is 11.8. The van der Waals surface area contributed by atoms with Gasteiger partial charge in [-0.3, -0.25) is 4.79 Å². The van der Waals surface area contributed by atoms with Crippen molar-refractivity contribution >= 4 is 5.78 Å². The van der Waals surface area contributed by atoms with E-state index >= 15 is 0 Å². The minimum absolute atomic E-state index is 0.123. The average Bonchev–Trinajstić information content (AvgIpc) is 2.17. The normalized spacial score (nSPS) is 12.3. The minimum atomic E-state index is -0.642. The number of rotatable bonds is 3. The lowest BCUT2D eigenvalue weighted by Gasteiger charge is -2.15. The van der Waals surface area contributed by atoms with Gasteiger partial charge in [-0.1, -0.05) is 6.07 Å². The maximum absolute atomic E-state index is 11.8. The molecule has 4 heteroatoms. The van der Waals surface area contributed by atoms with Crippen LogP contribution in [0.2, 0.25) is 0 Å². The number of ether oxygens (including phenoxy) is 1. The summed E-state index contributed by atoms with van der Waals surface area (Å²) >= 11 is 0. The zero-order valence-electron chi connectivity index (χ0n) is 10.00. The van der Waals surface area contributed by atoms with E-state index in [1.165, 1.54) is 7.11 Å². The highest BCUT2D eigenvalue weighted by molar-refractivity contribution is 6.04. The number of aryl methyl sites for hydroxylation is 2. The van der Waals surface area contributed by atoms with Gasteiger partial charge < -0.3 is 15.6 Å². The largest absolute Gasteiger partial charge is 0.504 e. The monoisotopic (exact) mass is 223 g/mol. The second-order valence-corrected chi connectivity index (χ2v) is 3.92. The van der Waals surface area contributed by atoms with Crippen molar-refractivity contribution in [1.29, 1.82) is 0 Å². The fourth-order valence-corrected chi connectivity index (χ4v) is 1.75. The summed E-state index contributed by atoms with van der Waals surface area (Å²) in [5.74, 6) is -0.0785. The second kappa shape index (κ2) is 4.53. The third-order valence-electron chi connectivity index (χ3n) is 2.50. The summed E-state index contributed by atoms with van der Waals surface area (Å²) in [5.41, 5.74) is 7.28. The lowest BCUT2D eigenvalue weighted by Crippen LogP contribution is -2.27. The van der Waals surface area contributed by atoms with Gasteiger partial charge in [0, 0.05) is 0 Å². The molecule has 0 saturated carbocycles. The molecule has 1 aromatic rings. The second-order valence-electron chi connectivity index (χ2n) is 3.92. The first-order valence-corrected chi connectivity index (χ1v) is 5.07. The van der Waals surface area contributed by atoms with Gasteiger partial charge in [0.05, 0.1) is 18.7 Å². The molecule has 0 amide bonds. The van der Waals surface area contributed by atoms with Crippen molar-refractivity contribution in [3.8, 4) is 11.5 Å². The molecule has 1 rings (SSSR count). The number of phenolic OH excluding ortho intramolecular Hbond substituents is 1. The van der Waals surface area contributed by atoms with Crippen LogP contribution in [0.15, 0.2) is 6.07 Å². The van der Waals surface area contributed by atoms with Crippen LogP contribution >= 0.6 is 0 Å². The van der Waals surface area contributed by atoms with Crippen LogP contribution in [-0.2, 0) is 0 Å². The molecule has 0 aliphatic carbocycles. The number of carbonyl (C=O) groups excluding carboxylic acids is 1. The molecule has 88 valence electrons. The van der Waals surface area contributed by atoms with Gasteiger partial charge in [0.1, 0.15) is 0 Å². The van der Waals surface area contributed by atoms with E-state index in [-0.39, 0.29) is 17.1 Å². The first-order chi connectivity index (χ1) is 7.40. The molecule has 3 N–H and O–H groups in total. The van der Waals surface area contributed by atoms with Crippen LogP contribution in [0.25, 0.3) is 0 Å². The number of nitrogens with two attached hydrogens (primary N) is 1. The summed E-state index contributed by atoms with van der Waals surface area (Å²) < 4.78 is 5.06. The van der Waals surface area contributed by atoms with E-state index in [1.54, 1.807) is 19.9 Å². The number of ketones is 1. The summed E-state index contributed by atoms with van der Waals surface area (Å²) in [6, 6.07) is 1.16. The van der Waals surface area contributed by atoms with Gasteiger partial charge in [0.2, 0.25) is 0 Å². The van der Waals surface area contributed by atoms with Crippen molar-refractivity contribution in [2.24, 2.45) is 5.73 Å². The maximum atomic E-state index is 11.8. The molecule has 16 heavy (non-hydrogen) atoms. The van der Waals surface area contributed by atoms with Gasteiger partial charge in [-0.25, -0.2) is 0 Å². The number of Topliss-reactive ketones (excluding diaryl/α,β-unsaturated/α-hetero) is 1. The van der Waals surface area contributed by atoms with Crippen molar-refractivity contribution in [3.05, 3.63) is 22.8 Å². The third-order valence-corrected chi connectivity index (χ3v) is 2.50. The molecule has 0 saturated heterocycles. The van der Waals surface area contributed by atoms with Gasteiger partial charge in [0.15, 0.2) is 17.3 Å². The summed E-state index contributed by atoms with van der Waals surface area (Å²) in [6.45, 7) is 5.17. The van der Waals surface area contributed by atoms with E-state index < -0.39 is 6.04 Å². The Balaban J connectivity index is 3.45. The Kier molecular flexibility index (Phi) is 3.55. The van der Waals surface area contributed by atoms with E-state index in [4.69, 9.17) is 10.5 Å². The lowest BCUT2D eigenvalue weighted by molar-refractivity contribution is 0.0964. The summed E-state index contributed by atoms with van der Waals surface area (Å²) in [5, 5.41) is 9.97. The quantitative estimate of drug-likeness (QED) is 0.762. The molecule has 0 radical (unpaired) electrons. The van der Waals surface area contributed by atoms with Crippen LogP contribution in [0.5, 0.6) is 11.5 Å². The molecule has 1 aromatic carbocycles. The lowest BCUT2D eigenvalue weighted by atomic mass is 9.97.